The van der Waals surface area contributed by atoms with Crippen molar-refractivity contribution >= 4 is 7.85 Å². The van der Waals surface area contributed by atoms with Gasteiger partial charge in [0, 0.05) is 19.0 Å². The summed E-state index contributed by atoms with van der Waals surface area (Å²) in [6.07, 6.45) is 1.97. The lowest BCUT2D eigenvalue weighted by Gasteiger charge is -2.20. The number of ether oxygens (including phenoxy) is 4. The fourth-order valence-electron chi connectivity index (χ4n) is 2.54. The highest BCUT2D eigenvalue weighted by Gasteiger charge is 2.12. The van der Waals surface area contributed by atoms with E-state index in [-0.39, 0.29) is 6.51 Å². The highest BCUT2D eigenvalue weighted by atomic mass is 16.7. The first-order chi connectivity index (χ1) is 12.7. The Morgan fingerprint density at radius 3 is 2.38 bits per heavy atom. The molecule has 26 heavy (non-hydrogen) atoms. The van der Waals surface area contributed by atoms with E-state index in [2.05, 4.69) is 6.07 Å². The van der Waals surface area contributed by atoms with Crippen LogP contribution in [-0.4, -0.2) is 34.9 Å². The standard InChI is InChI=1S/C20H22BNO4/c1-23-18-11-10-17(12-19(18)24-2)26-20(25-14-21)5-3-4-15-6-8-16(13-22)9-7-15/h6-12,20H,3-5,14H2,1-2H3. The van der Waals surface area contributed by atoms with Gasteiger partial charge in [0.1, 0.15) is 13.6 Å². The summed E-state index contributed by atoms with van der Waals surface area (Å²) in [5, 5.41) is 8.84. The van der Waals surface area contributed by atoms with Crippen LogP contribution >= 0.6 is 0 Å². The minimum atomic E-state index is -0.448. The third kappa shape index (κ3) is 5.71. The van der Waals surface area contributed by atoms with Gasteiger partial charge in [-0.1, -0.05) is 12.1 Å². The van der Waals surface area contributed by atoms with Gasteiger partial charge in [-0.25, -0.2) is 0 Å². The number of aryl methyl sites for hydroxylation is 1. The minimum absolute atomic E-state index is 0.0782. The van der Waals surface area contributed by atoms with Gasteiger partial charge in [-0.05, 0) is 42.7 Å². The summed E-state index contributed by atoms with van der Waals surface area (Å²) < 4.78 is 21.9. The molecule has 2 radical (unpaired) electrons. The number of benzene rings is 2. The second-order valence-electron chi connectivity index (χ2n) is 5.60. The van der Waals surface area contributed by atoms with E-state index in [1.165, 1.54) is 5.56 Å². The first kappa shape index (κ1) is 19.7. The molecule has 5 nitrogen and oxygen atoms in total. The summed E-state index contributed by atoms with van der Waals surface area (Å²) >= 11 is 0. The Hall–Kier alpha value is -2.65. The van der Waals surface area contributed by atoms with E-state index in [0.29, 0.717) is 29.2 Å². The van der Waals surface area contributed by atoms with E-state index in [0.717, 1.165) is 12.8 Å². The van der Waals surface area contributed by atoms with Crippen molar-refractivity contribution < 1.29 is 18.9 Å². The van der Waals surface area contributed by atoms with Gasteiger partial charge < -0.3 is 18.9 Å². The van der Waals surface area contributed by atoms with E-state index in [9.17, 15) is 0 Å². The van der Waals surface area contributed by atoms with Crippen LogP contribution in [0.25, 0.3) is 0 Å². The number of hydrogen-bond donors (Lipinski definition) is 0. The number of nitriles is 1. The molecule has 2 rings (SSSR count). The second-order valence-corrected chi connectivity index (χ2v) is 5.60. The Morgan fingerprint density at radius 2 is 1.77 bits per heavy atom. The fourth-order valence-corrected chi connectivity index (χ4v) is 2.54. The zero-order valence-corrected chi connectivity index (χ0v) is 15.1. The van der Waals surface area contributed by atoms with Crippen molar-refractivity contribution in [2.75, 3.05) is 20.7 Å². The number of methoxy groups -OCH3 is 2. The largest absolute Gasteiger partial charge is 0.493 e. The molecule has 2 aromatic rings. The Bertz CT molecular complexity index is 728. The summed E-state index contributed by atoms with van der Waals surface area (Å²) in [6.45, 7) is 0.0782. The third-order valence-electron chi connectivity index (χ3n) is 3.89. The maximum Gasteiger partial charge on any atom is 0.199 e. The quantitative estimate of drug-likeness (QED) is 0.485. The molecule has 134 valence electrons. The molecule has 6 heteroatoms. The zero-order chi connectivity index (χ0) is 18.8. The van der Waals surface area contributed by atoms with Crippen LogP contribution in [0, 0.1) is 11.3 Å². The maximum absolute atomic E-state index is 8.84. The van der Waals surface area contributed by atoms with Crippen molar-refractivity contribution in [2.45, 2.75) is 25.6 Å². The molecule has 0 aliphatic rings. The Kier molecular flexibility index (Phi) is 7.85. The Morgan fingerprint density at radius 1 is 1.04 bits per heavy atom. The molecular formula is C20H22BNO4. The van der Waals surface area contributed by atoms with Gasteiger partial charge in [-0.2, -0.15) is 5.26 Å². The molecule has 0 heterocycles. The van der Waals surface area contributed by atoms with E-state index >= 15 is 0 Å². The molecule has 0 amide bonds. The zero-order valence-electron chi connectivity index (χ0n) is 15.1. The van der Waals surface area contributed by atoms with Gasteiger partial charge in [0.05, 0.1) is 25.9 Å². The first-order valence-corrected chi connectivity index (χ1v) is 8.39. The highest BCUT2D eigenvalue weighted by molar-refractivity contribution is 6.08. The van der Waals surface area contributed by atoms with E-state index < -0.39 is 6.29 Å². The molecule has 1 unspecified atom stereocenters. The number of hydrogen-bond acceptors (Lipinski definition) is 5. The molecule has 2 aromatic carbocycles. The SMILES string of the molecule is [B]COC(CCCc1ccc(C#N)cc1)Oc1ccc(OC)c(OC)c1. The van der Waals surface area contributed by atoms with Crippen molar-refractivity contribution in [2.24, 2.45) is 0 Å². The molecule has 1 atom stereocenters. The Labute approximate surface area is 155 Å². The third-order valence-corrected chi connectivity index (χ3v) is 3.89. The lowest BCUT2D eigenvalue weighted by molar-refractivity contribution is -0.0678. The van der Waals surface area contributed by atoms with Gasteiger partial charge in [0.2, 0.25) is 0 Å². The molecule has 0 aliphatic carbocycles. The summed E-state index contributed by atoms with van der Waals surface area (Å²) in [7, 11) is 8.68. The number of nitrogens with zero attached hydrogens (tertiary/aromatic N) is 1. The van der Waals surface area contributed by atoms with E-state index in [1.54, 1.807) is 32.4 Å². The average Bonchev–Trinajstić information content (AvgIpc) is 2.68. The van der Waals surface area contributed by atoms with Crippen LogP contribution in [0.4, 0.5) is 0 Å². The van der Waals surface area contributed by atoms with Gasteiger partial charge >= 0.3 is 0 Å². The molecule has 0 bridgehead atoms. The molecule has 0 aliphatic heterocycles. The topological polar surface area (TPSA) is 60.7 Å². The average molecular weight is 351 g/mol. The molecule has 0 aromatic heterocycles. The lowest BCUT2D eigenvalue weighted by atomic mass is 10.1. The fraction of sp³-hybridized carbons (Fsp3) is 0.350. The van der Waals surface area contributed by atoms with Crippen LogP contribution in [0.3, 0.4) is 0 Å². The molecule has 0 fully saturated rings. The molecular weight excluding hydrogens is 329 g/mol. The second kappa shape index (κ2) is 10.4. The molecule has 0 N–H and O–H groups in total. The molecule has 0 saturated heterocycles. The van der Waals surface area contributed by atoms with Crippen LogP contribution in [-0.2, 0) is 11.2 Å². The summed E-state index contributed by atoms with van der Waals surface area (Å²) in [5.41, 5.74) is 1.83. The van der Waals surface area contributed by atoms with E-state index in [1.807, 2.05) is 24.3 Å². The Balaban J connectivity index is 1.92. The van der Waals surface area contributed by atoms with Crippen LogP contribution < -0.4 is 14.2 Å². The predicted octanol–water partition coefficient (Wildman–Crippen LogP) is 3.45. The monoisotopic (exact) mass is 351 g/mol. The van der Waals surface area contributed by atoms with Crippen LogP contribution in [0.15, 0.2) is 42.5 Å². The van der Waals surface area contributed by atoms with Gasteiger partial charge in [0.25, 0.3) is 0 Å². The van der Waals surface area contributed by atoms with Crippen LogP contribution in [0.5, 0.6) is 17.2 Å². The van der Waals surface area contributed by atoms with Crippen molar-refractivity contribution in [3.8, 4) is 23.3 Å². The van der Waals surface area contributed by atoms with Crippen molar-refractivity contribution in [1.82, 2.24) is 0 Å². The van der Waals surface area contributed by atoms with Crippen LogP contribution in [0.2, 0.25) is 0 Å². The van der Waals surface area contributed by atoms with Crippen molar-refractivity contribution in [3.63, 3.8) is 0 Å². The lowest BCUT2D eigenvalue weighted by Crippen LogP contribution is -2.21. The van der Waals surface area contributed by atoms with Gasteiger partial charge in [-0.15, -0.1) is 0 Å². The predicted molar refractivity (Wildman–Crippen MR) is 99.8 cm³/mol. The smallest absolute Gasteiger partial charge is 0.199 e. The summed E-state index contributed by atoms with van der Waals surface area (Å²) in [5.74, 6) is 1.85. The molecule has 0 saturated carbocycles. The minimum Gasteiger partial charge on any atom is -0.493 e. The van der Waals surface area contributed by atoms with Crippen molar-refractivity contribution in [1.29, 1.82) is 5.26 Å². The number of rotatable bonds is 10. The summed E-state index contributed by atoms with van der Waals surface area (Å²) in [4.78, 5) is 0. The van der Waals surface area contributed by atoms with Gasteiger partial charge in [0.15, 0.2) is 17.8 Å². The van der Waals surface area contributed by atoms with Gasteiger partial charge in [-0.3, -0.25) is 0 Å². The van der Waals surface area contributed by atoms with Crippen LogP contribution in [0.1, 0.15) is 24.0 Å². The van der Waals surface area contributed by atoms with E-state index in [4.69, 9.17) is 32.1 Å². The van der Waals surface area contributed by atoms with Crippen molar-refractivity contribution in [3.05, 3.63) is 53.6 Å². The maximum atomic E-state index is 8.84. The highest BCUT2D eigenvalue weighted by Crippen LogP contribution is 2.31. The normalized spacial score (nSPS) is 11.4. The first-order valence-electron chi connectivity index (χ1n) is 8.39. The summed E-state index contributed by atoms with van der Waals surface area (Å²) in [6, 6.07) is 15.0. The molecule has 0 spiro atoms.